The van der Waals surface area contributed by atoms with Crippen molar-refractivity contribution in [2.75, 3.05) is 6.54 Å². The van der Waals surface area contributed by atoms with E-state index < -0.39 is 0 Å². The Morgan fingerprint density at radius 1 is 0.875 bits per heavy atom. The van der Waals surface area contributed by atoms with Crippen LogP contribution >= 0.6 is 0 Å². The van der Waals surface area contributed by atoms with E-state index in [4.69, 9.17) is 4.98 Å². The monoisotopic (exact) mass is 325 g/mol. The van der Waals surface area contributed by atoms with Crippen LogP contribution in [0.1, 0.15) is 44.6 Å². The Bertz CT molecular complexity index is 593. The van der Waals surface area contributed by atoms with Gasteiger partial charge in [0.15, 0.2) is 0 Å². The average molecular weight is 326 g/mol. The molecule has 24 heavy (non-hydrogen) atoms. The SMILES string of the molecule is CC(C)CNCc1cccc(CN(Cc2ccccc2)C(C)C)n1. The van der Waals surface area contributed by atoms with Gasteiger partial charge in [-0.3, -0.25) is 9.88 Å². The topological polar surface area (TPSA) is 28.2 Å². The molecule has 0 aliphatic rings. The summed E-state index contributed by atoms with van der Waals surface area (Å²) in [5.41, 5.74) is 3.61. The van der Waals surface area contributed by atoms with Gasteiger partial charge in [0, 0.05) is 25.7 Å². The third-order valence-electron chi connectivity index (χ3n) is 4.05. The molecule has 1 N–H and O–H groups in total. The summed E-state index contributed by atoms with van der Waals surface area (Å²) in [7, 11) is 0. The molecule has 2 aromatic rings. The number of pyridine rings is 1. The standard InChI is InChI=1S/C21H31N3/c1-17(2)13-22-14-20-11-8-12-21(23-20)16-24(18(3)4)15-19-9-6-5-7-10-19/h5-12,17-18,22H,13-16H2,1-4H3. The Kier molecular flexibility index (Phi) is 7.41. The minimum absolute atomic E-state index is 0.481. The molecule has 3 heteroatoms. The smallest absolute Gasteiger partial charge is 0.0548 e. The van der Waals surface area contributed by atoms with Crippen LogP contribution in [0.25, 0.3) is 0 Å². The van der Waals surface area contributed by atoms with Gasteiger partial charge in [-0.2, -0.15) is 0 Å². The summed E-state index contributed by atoms with van der Waals surface area (Å²) in [5.74, 6) is 0.662. The Hall–Kier alpha value is -1.71. The Morgan fingerprint density at radius 2 is 1.58 bits per heavy atom. The lowest BCUT2D eigenvalue weighted by Gasteiger charge is -2.26. The van der Waals surface area contributed by atoms with Crippen molar-refractivity contribution in [1.29, 1.82) is 0 Å². The van der Waals surface area contributed by atoms with E-state index in [9.17, 15) is 0 Å². The van der Waals surface area contributed by atoms with Gasteiger partial charge in [-0.05, 0) is 44.0 Å². The third-order valence-corrected chi connectivity index (χ3v) is 4.05. The summed E-state index contributed by atoms with van der Waals surface area (Å²) in [6, 6.07) is 17.5. The summed E-state index contributed by atoms with van der Waals surface area (Å²) in [6.45, 7) is 12.6. The van der Waals surface area contributed by atoms with Gasteiger partial charge in [0.25, 0.3) is 0 Å². The number of nitrogens with zero attached hydrogens (tertiary/aromatic N) is 2. The van der Waals surface area contributed by atoms with Crippen molar-refractivity contribution >= 4 is 0 Å². The van der Waals surface area contributed by atoms with Crippen molar-refractivity contribution in [3.63, 3.8) is 0 Å². The number of hydrogen-bond acceptors (Lipinski definition) is 3. The molecule has 0 saturated heterocycles. The van der Waals surface area contributed by atoms with E-state index in [-0.39, 0.29) is 0 Å². The molecule has 1 heterocycles. The number of hydrogen-bond donors (Lipinski definition) is 1. The average Bonchev–Trinajstić information content (AvgIpc) is 2.55. The maximum Gasteiger partial charge on any atom is 0.0548 e. The van der Waals surface area contributed by atoms with E-state index in [0.717, 1.165) is 37.6 Å². The quantitative estimate of drug-likeness (QED) is 0.747. The highest BCUT2D eigenvalue weighted by Crippen LogP contribution is 2.12. The lowest BCUT2D eigenvalue weighted by atomic mass is 10.1. The fourth-order valence-electron chi connectivity index (χ4n) is 2.65. The highest BCUT2D eigenvalue weighted by Gasteiger charge is 2.12. The van der Waals surface area contributed by atoms with Gasteiger partial charge in [0.2, 0.25) is 0 Å². The van der Waals surface area contributed by atoms with Crippen LogP contribution in [-0.2, 0) is 19.6 Å². The largest absolute Gasteiger partial charge is 0.311 e. The van der Waals surface area contributed by atoms with Crippen LogP contribution in [-0.4, -0.2) is 22.5 Å². The van der Waals surface area contributed by atoms with Gasteiger partial charge in [0.05, 0.1) is 11.4 Å². The van der Waals surface area contributed by atoms with Gasteiger partial charge in [0.1, 0.15) is 0 Å². The molecule has 0 aliphatic heterocycles. The summed E-state index contributed by atoms with van der Waals surface area (Å²) in [5, 5.41) is 3.47. The van der Waals surface area contributed by atoms with E-state index in [0.29, 0.717) is 12.0 Å². The number of nitrogens with one attached hydrogen (secondary N) is 1. The molecule has 0 spiro atoms. The summed E-state index contributed by atoms with van der Waals surface area (Å²) >= 11 is 0. The van der Waals surface area contributed by atoms with Crippen molar-refractivity contribution in [2.45, 2.75) is 53.4 Å². The van der Waals surface area contributed by atoms with Gasteiger partial charge >= 0.3 is 0 Å². The fraction of sp³-hybridized carbons (Fsp3) is 0.476. The molecule has 0 amide bonds. The van der Waals surface area contributed by atoms with Gasteiger partial charge < -0.3 is 5.32 Å². The normalized spacial score (nSPS) is 11.6. The number of rotatable bonds is 9. The number of aromatic nitrogens is 1. The van der Waals surface area contributed by atoms with Gasteiger partial charge in [-0.1, -0.05) is 50.2 Å². The van der Waals surface area contributed by atoms with E-state index in [2.05, 4.69) is 86.4 Å². The van der Waals surface area contributed by atoms with Crippen LogP contribution in [0.4, 0.5) is 0 Å². The summed E-state index contributed by atoms with van der Waals surface area (Å²) < 4.78 is 0. The minimum Gasteiger partial charge on any atom is -0.311 e. The van der Waals surface area contributed by atoms with Crippen LogP contribution in [0.15, 0.2) is 48.5 Å². The first kappa shape index (κ1) is 18.6. The Morgan fingerprint density at radius 3 is 2.25 bits per heavy atom. The third kappa shape index (κ3) is 6.42. The fourth-order valence-corrected chi connectivity index (χ4v) is 2.65. The zero-order valence-corrected chi connectivity index (χ0v) is 15.5. The highest BCUT2D eigenvalue weighted by atomic mass is 15.1. The second kappa shape index (κ2) is 9.55. The van der Waals surface area contributed by atoms with E-state index in [1.165, 1.54) is 5.56 Å². The molecule has 0 saturated carbocycles. The first-order valence-electron chi connectivity index (χ1n) is 8.98. The molecular weight excluding hydrogens is 294 g/mol. The Labute approximate surface area is 147 Å². The Balaban J connectivity index is 1.98. The summed E-state index contributed by atoms with van der Waals surface area (Å²) in [4.78, 5) is 7.29. The van der Waals surface area contributed by atoms with Crippen LogP contribution in [0.2, 0.25) is 0 Å². The van der Waals surface area contributed by atoms with E-state index in [1.54, 1.807) is 0 Å². The lowest BCUT2D eigenvalue weighted by molar-refractivity contribution is 0.201. The molecule has 0 radical (unpaired) electrons. The van der Waals surface area contributed by atoms with Crippen molar-refractivity contribution in [3.05, 3.63) is 65.5 Å². The molecule has 0 aliphatic carbocycles. The van der Waals surface area contributed by atoms with Crippen molar-refractivity contribution in [1.82, 2.24) is 15.2 Å². The molecule has 0 atom stereocenters. The molecule has 130 valence electrons. The number of benzene rings is 1. The van der Waals surface area contributed by atoms with Crippen LogP contribution in [0, 0.1) is 5.92 Å². The zero-order chi connectivity index (χ0) is 17.4. The lowest BCUT2D eigenvalue weighted by Crippen LogP contribution is -2.30. The van der Waals surface area contributed by atoms with Gasteiger partial charge in [-0.15, -0.1) is 0 Å². The van der Waals surface area contributed by atoms with Crippen molar-refractivity contribution < 1.29 is 0 Å². The maximum absolute atomic E-state index is 4.83. The predicted octanol–water partition coefficient (Wildman–Crippen LogP) is 4.24. The molecule has 1 aromatic heterocycles. The molecule has 0 fully saturated rings. The van der Waals surface area contributed by atoms with Crippen LogP contribution < -0.4 is 5.32 Å². The molecule has 0 unspecified atom stereocenters. The molecular formula is C21H31N3. The molecule has 0 bridgehead atoms. The first-order chi connectivity index (χ1) is 11.5. The molecule has 1 aromatic carbocycles. The van der Waals surface area contributed by atoms with E-state index in [1.807, 2.05) is 0 Å². The van der Waals surface area contributed by atoms with Crippen molar-refractivity contribution in [2.24, 2.45) is 5.92 Å². The predicted molar refractivity (Wildman–Crippen MR) is 102 cm³/mol. The zero-order valence-electron chi connectivity index (χ0n) is 15.5. The molecule has 2 rings (SSSR count). The highest BCUT2D eigenvalue weighted by molar-refractivity contribution is 5.15. The van der Waals surface area contributed by atoms with Crippen molar-refractivity contribution in [3.8, 4) is 0 Å². The molecule has 3 nitrogen and oxygen atoms in total. The maximum atomic E-state index is 4.83. The van der Waals surface area contributed by atoms with Crippen LogP contribution in [0.3, 0.4) is 0 Å². The second-order valence-electron chi connectivity index (χ2n) is 7.13. The van der Waals surface area contributed by atoms with Gasteiger partial charge in [-0.25, -0.2) is 0 Å². The van der Waals surface area contributed by atoms with Crippen LogP contribution in [0.5, 0.6) is 0 Å². The summed E-state index contributed by atoms with van der Waals surface area (Å²) in [6.07, 6.45) is 0. The first-order valence-corrected chi connectivity index (χ1v) is 8.98. The second-order valence-corrected chi connectivity index (χ2v) is 7.13. The van der Waals surface area contributed by atoms with E-state index >= 15 is 0 Å². The minimum atomic E-state index is 0.481.